The molecule has 0 spiro atoms. The van der Waals surface area contributed by atoms with Gasteiger partial charge in [0.05, 0.1) is 16.1 Å². The Balaban J connectivity index is 1.83. The van der Waals surface area contributed by atoms with Crippen LogP contribution in [0.25, 0.3) is 0 Å². The molecule has 0 fully saturated rings. The molecule has 0 unspecified atom stereocenters. The summed E-state index contributed by atoms with van der Waals surface area (Å²) < 4.78 is 9.92. The Morgan fingerprint density at radius 2 is 1.93 bits per heavy atom. The lowest BCUT2D eigenvalue weighted by molar-refractivity contribution is 0.0980. The lowest BCUT2D eigenvalue weighted by Gasteiger charge is -2.13. The van der Waals surface area contributed by atoms with Crippen LogP contribution in [0.2, 0.25) is 15.2 Å². The zero-order valence-electron chi connectivity index (χ0n) is 14.8. The first kappa shape index (κ1) is 21.3. The van der Waals surface area contributed by atoms with Gasteiger partial charge in [0.25, 0.3) is 0 Å². The number of aliphatic hydroxyl groups is 1. The first-order valence-corrected chi connectivity index (χ1v) is 9.38. The van der Waals surface area contributed by atoms with Gasteiger partial charge in [-0.2, -0.15) is 0 Å². The number of Topliss-reactive ketones (excluding diaryl/α,β-unsaturated/α-hetero) is 1. The minimum absolute atomic E-state index is 0.0321. The molecule has 12 heteroatoms. The third-order valence-corrected chi connectivity index (χ3v) is 4.69. The van der Waals surface area contributed by atoms with Gasteiger partial charge in [-0.05, 0) is 24.1 Å². The van der Waals surface area contributed by atoms with Crippen LogP contribution in [-0.4, -0.2) is 31.2 Å². The van der Waals surface area contributed by atoms with Crippen molar-refractivity contribution in [2.45, 2.75) is 25.9 Å². The van der Waals surface area contributed by atoms with Gasteiger partial charge >= 0.3 is 5.76 Å². The molecule has 0 saturated heterocycles. The number of aromatic amines is 1. The predicted octanol–water partition coefficient (Wildman–Crippen LogP) is 3.77. The average Bonchev–Trinajstić information content (AvgIpc) is 3.12. The number of aromatic nitrogens is 4. The number of ether oxygens (including phenoxy) is 1. The van der Waals surface area contributed by atoms with Crippen LogP contribution in [-0.2, 0) is 6.42 Å². The van der Waals surface area contributed by atoms with E-state index in [1.807, 2.05) is 0 Å². The molecule has 1 aromatic carbocycles. The van der Waals surface area contributed by atoms with Crippen LogP contribution in [0.5, 0.6) is 11.6 Å². The van der Waals surface area contributed by atoms with E-state index in [1.54, 1.807) is 6.92 Å². The van der Waals surface area contributed by atoms with Crippen LogP contribution in [0.3, 0.4) is 0 Å². The van der Waals surface area contributed by atoms with Gasteiger partial charge < -0.3 is 9.84 Å². The van der Waals surface area contributed by atoms with Crippen LogP contribution in [0.4, 0.5) is 0 Å². The molecule has 0 aliphatic carbocycles. The number of carbonyl (C=O) groups excluding carboxylic acids is 1. The van der Waals surface area contributed by atoms with E-state index >= 15 is 0 Å². The number of rotatable bonds is 7. The van der Waals surface area contributed by atoms with Crippen LogP contribution >= 0.6 is 34.8 Å². The first-order valence-electron chi connectivity index (χ1n) is 8.24. The lowest BCUT2D eigenvalue weighted by atomic mass is 10.1. The number of hydrogen-bond acceptors (Lipinski definition) is 8. The molecule has 0 radical (unpaired) electrons. The summed E-state index contributed by atoms with van der Waals surface area (Å²) in [4.78, 5) is 25.2. The van der Waals surface area contributed by atoms with E-state index in [2.05, 4.69) is 24.9 Å². The summed E-state index contributed by atoms with van der Waals surface area (Å²) in [6, 6.07) is 4.39. The van der Waals surface area contributed by atoms with Gasteiger partial charge in [0, 0.05) is 18.1 Å². The highest BCUT2D eigenvalue weighted by atomic mass is 35.5. The highest BCUT2D eigenvalue weighted by Gasteiger charge is 2.18. The number of H-pyrrole nitrogens is 1. The Morgan fingerprint density at radius 1 is 1.24 bits per heavy atom. The molecule has 0 amide bonds. The molecule has 1 atom stereocenters. The highest BCUT2D eigenvalue weighted by molar-refractivity contribution is 6.37. The molecule has 3 aromatic rings. The molecule has 152 valence electrons. The topological polar surface area (TPSA) is 131 Å². The van der Waals surface area contributed by atoms with Crippen LogP contribution in [0.1, 0.15) is 41.2 Å². The molecule has 9 nitrogen and oxygen atoms in total. The van der Waals surface area contributed by atoms with Gasteiger partial charge in [-0.25, -0.2) is 4.79 Å². The first-order chi connectivity index (χ1) is 13.8. The van der Waals surface area contributed by atoms with Crippen molar-refractivity contribution in [3.05, 3.63) is 60.9 Å². The standard InChI is InChI=1S/C17H13Cl3N4O5/c1-2-11(25)8-6-13(22-23-15(8)20)28-14-9(18)3-7(4-10(14)19)5-12(26)16-21-17(27)29-24-16/h3-4,6,11,25H,2,5H2,1H3,(H,21,24,27)/t11-/m1/s1. The number of aliphatic hydroxyl groups excluding tert-OH is 1. The Labute approximate surface area is 178 Å². The van der Waals surface area contributed by atoms with E-state index < -0.39 is 17.6 Å². The summed E-state index contributed by atoms with van der Waals surface area (Å²) in [6.45, 7) is 1.78. The van der Waals surface area contributed by atoms with E-state index in [4.69, 9.17) is 39.5 Å². The zero-order valence-corrected chi connectivity index (χ0v) is 17.0. The number of carbonyl (C=O) groups is 1. The third kappa shape index (κ3) is 4.94. The van der Waals surface area contributed by atoms with E-state index in [-0.39, 0.29) is 39.1 Å². The second kappa shape index (κ2) is 8.91. The quantitative estimate of drug-likeness (QED) is 0.510. The van der Waals surface area contributed by atoms with E-state index in [9.17, 15) is 14.7 Å². The van der Waals surface area contributed by atoms with Crippen LogP contribution < -0.4 is 10.5 Å². The smallest absolute Gasteiger partial charge is 0.434 e. The number of nitrogens with zero attached hydrogens (tertiary/aromatic N) is 3. The van der Waals surface area contributed by atoms with E-state index in [1.165, 1.54) is 18.2 Å². The fraction of sp³-hybridized carbons (Fsp3) is 0.235. The molecule has 29 heavy (non-hydrogen) atoms. The van der Waals surface area contributed by atoms with Gasteiger partial charge in [-0.1, -0.05) is 46.9 Å². The SMILES string of the molecule is CC[C@@H](O)c1cc(Oc2c(Cl)cc(CC(=O)c3noc(=O)[nH]3)cc2Cl)nnc1Cl. The fourth-order valence-corrected chi connectivity index (χ4v) is 3.24. The van der Waals surface area contributed by atoms with Gasteiger partial charge in [0.15, 0.2) is 10.9 Å². The van der Waals surface area contributed by atoms with Crippen LogP contribution in [0.15, 0.2) is 27.5 Å². The molecule has 3 rings (SSSR count). The fourth-order valence-electron chi connectivity index (χ4n) is 2.41. The van der Waals surface area contributed by atoms with Crippen molar-refractivity contribution in [2.75, 3.05) is 0 Å². The number of halogens is 3. The summed E-state index contributed by atoms with van der Waals surface area (Å²) in [5.41, 5.74) is 0.820. The maximum Gasteiger partial charge on any atom is 0.439 e. The normalized spacial score (nSPS) is 12.0. The molecule has 0 bridgehead atoms. The van der Waals surface area contributed by atoms with E-state index in [0.717, 1.165) is 0 Å². The van der Waals surface area contributed by atoms with Crippen molar-refractivity contribution in [1.82, 2.24) is 20.3 Å². The molecule has 0 aliphatic heterocycles. The molecular weight excluding hydrogens is 447 g/mol. The van der Waals surface area contributed by atoms with Gasteiger partial charge in [-0.15, -0.1) is 10.2 Å². The summed E-state index contributed by atoms with van der Waals surface area (Å²) in [7, 11) is 0. The number of ketones is 1. The Hall–Kier alpha value is -2.46. The van der Waals surface area contributed by atoms with Crippen LogP contribution in [0, 0.1) is 0 Å². The molecule has 0 saturated carbocycles. The van der Waals surface area contributed by atoms with Gasteiger partial charge in [0.2, 0.25) is 17.5 Å². The number of benzene rings is 1. The monoisotopic (exact) mass is 458 g/mol. The minimum Gasteiger partial charge on any atom is -0.434 e. The van der Waals surface area contributed by atoms with Crippen molar-refractivity contribution in [3.63, 3.8) is 0 Å². The molecule has 2 heterocycles. The van der Waals surface area contributed by atoms with Gasteiger partial charge in [0.1, 0.15) is 0 Å². The predicted molar refractivity (Wildman–Crippen MR) is 104 cm³/mol. The molecular formula is C17H13Cl3N4O5. The summed E-state index contributed by atoms with van der Waals surface area (Å²) in [5.74, 6) is -1.40. The average molecular weight is 460 g/mol. The third-order valence-electron chi connectivity index (χ3n) is 3.83. The minimum atomic E-state index is -0.831. The Kier molecular flexibility index (Phi) is 6.53. The Morgan fingerprint density at radius 3 is 2.52 bits per heavy atom. The van der Waals surface area contributed by atoms with Gasteiger partial charge in [-0.3, -0.25) is 14.3 Å². The largest absolute Gasteiger partial charge is 0.439 e. The van der Waals surface area contributed by atoms with Crippen molar-refractivity contribution >= 4 is 40.6 Å². The summed E-state index contributed by atoms with van der Waals surface area (Å²) in [5, 5.41) is 21.2. The van der Waals surface area contributed by atoms with Crippen molar-refractivity contribution in [2.24, 2.45) is 0 Å². The van der Waals surface area contributed by atoms with E-state index in [0.29, 0.717) is 17.5 Å². The summed E-state index contributed by atoms with van der Waals surface area (Å²) in [6.07, 6.45) is -0.538. The second-order valence-electron chi connectivity index (χ2n) is 5.89. The maximum atomic E-state index is 12.1. The number of nitrogens with one attached hydrogen (secondary N) is 1. The Bertz CT molecular complexity index is 1090. The van der Waals surface area contributed by atoms with Crippen molar-refractivity contribution in [3.8, 4) is 11.6 Å². The second-order valence-corrected chi connectivity index (χ2v) is 7.06. The number of hydrogen-bond donors (Lipinski definition) is 2. The lowest BCUT2D eigenvalue weighted by Crippen LogP contribution is -2.08. The molecule has 0 aliphatic rings. The maximum absolute atomic E-state index is 12.1. The van der Waals surface area contributed by atoms with Crippen molar-refractivity contribution in [1.29, 1.82) is 0 Å². The zero-order chi connectivity index (χ0) is 21.1. The summed E-state index contributed by atoms with van der Waals surface area (Å²) >= 11 is 18.4. The molecule has 2 N–H and O–H groups in total. The highest BCUT2D eigenvalue weighted by Crippen LogP contribution is 2.38. The molecule has 2 aromatic heterocycles. The van der Waals surface area contributed by atoms with Crippen molar-refractivity contribution < 1.29 is 19.2 Å².